The Morgan fingerprint density at radius 3 is 2.47 bits per heavy atom. The van der Waals surface area contributed by atoms with E-state index in [0.29, 0.717) is 0 Å². The van der Waals surface area contributed by atoms with Gasteiger partial charge >= 0.3 is 0 Å². The SMILES string of the molecule is Cc1ccccc1-c1cc(C)c(C=O)s1. The molecule has 0 saturated carbocycles. The van der Waals surface area contributed by atoms with Crippen molar-refractivity contribution in [2.45, 2.75) is 13.8 Å². The minimum absolute atomic E-state index is 0.827. The number of carbonyl (C=O) groups is 1. The first-order valence-electron chi connectivity index (χ1n) is 4.84. The molecule has 0 atom stereocenters. The van der Waals surface area contributed by atoms with Gasteiger partial charge in [-0.25, -0.2) is 0 Å². The summed E-state index contributed by atoms with van der Waals surface area (Å²) in [7, 11) is 0. The number of thiophene rings is 1. The van der Waals surface area contributed by atoms with Crippen molar-refractivity contribution in [2.24, 2.45) is 0 Å². The quantitative estimate of drug-likeness (QED) is 0.697. The van der Waals surface area contributed by atoms with E-state index in [1.807, 2.05) is 19.1 Å². The third kappa shape index (κ3) is 1.85. The molecular formula is C13H12OS. The molecule has 2 rings (SSSR count). The standard InChI is InChI=1S/C13H12OS/c1-9-5-3-4-6-11(9)12-7-10(2)13(8-14)15-12/h3-8H,1-2H3. The van der Waals surface area contributed by atoms with Crippen LogP contribution in [0.15, 0.2) is 30.3 Å². The highest BCUT2D eigenvalue weighted by Gasteiger charge is 2.07. The molecule has 1 aromatic heterocycles. The second-order valence-electron chi connectivity index (χ2n) is 3.59. The molecule has 0 radical (unpaired) electrons. The summed E-state index contributed by atoms with van der Waals surface area (Å²) in [5.41, 5.74) is 3.53. The first kappa shape index (κ1) is 10.1. The average molecular weight is 216 g/mol. The molecule has 1 nitrogen and oxygen atoms in total. The van der Waals surface area contributed by atoms with Crippen LogP contribution in [0.3, 0.4) is 0 Å². The Hall–Kier alpha value is -1.41. The molecule has 0 unspecified atom stereocenters. The van der Waals surface area contributed by atoms with Crippen molar-refractivity contribution in [3.63, 3.8) is 0 Å². The van der Waals surface area contributed by atoms with E-state index in [2.05, 4.69) is 25.1 Å². The fourth-order valence-corrected chi connectivity index (χ4v) is 2.67. The molecule has 0 aliphatic rings. The highest BCUT2D eigenvalue weighted by atomic mass is 32.1. The van der Waals surface area contributed by atoms with Gasteiger partial charge in [-0.2, -0.15) is 0 Å². The molecule has 1 aromatic carbocycles. The lowest BCUT2D eigenvalue weighted by molar-refractivity contribution is 0.112. The van der Waals surface area contributed by atoms with E-state index in [1.54, 1.807) is 11.3 Å². The monoisotopic (exact) mass is 216 g/mol. The van der Waals surface area contributed by atoms with Crippen LogP contribution < -0.4 is 0 Å². The predicted octanol–water partition coefficient (Wildman–Crippen LogP) is 3.84. The molecule has 0 amide bonds. The normalized spacial score (nSPS) is 10.3. The molecule has 0 aliphatic heterocycles. The summed E-state index contributed by atoms with van der Waals surface area (Å²) in [6, 6.07) is 10.3. The van der Waals surface area contributed by atoms with Crippen LogP contribution in [0.4, 0.5) is 0 Å². The zero-order valence-electron chi connectivity index (χ0n) is 8.78. The minimum Gasteiger partial charge on any atom is -0.297 e. The summed E-state index contributed by atoms with van der Waals surface area (Å²) in [5.74, 6) is 0. The number of benzene rings is 1. The molecule has 76 valence electrons. The van der Waals surface area contributed by atoms with E-state index in [-0.39, 0.29) is 0 Å². The Morgan fingerprint density at radius 1 is 1.13 bits per heavy atom. The van der Waals surface area contributed by atoms with E-state index in [9.17, 15) is 4.79 Å². The van der Waals surface area contributed by atoms with E-state index >= 15 is 0 Å². The summed E-state index contributed by atoms with van der Waals surface area (Å²) in [5, 5.41) is 0. The molecule has 0 saturated heterocycles. The first-order valence-corrected chi connectivity index (χ1v) is 5.65. The Bertz CT molecular complexity index is 497. The van der Waals surface area contributed by atoms with Crippen LogP contribution in [-0.4, -0.2) is 6.29 Å². The molecular weight excluding hydrogens is 204 g/mol. The number of aryl methyl sites for hydroxylation is 2. The van der Waals surface area contributed by atoms with Crippen LogP contribution in [0.5, 0.6) is 0 Å². The lowest BCUT2D eigenvalue weighted by Gasteiger charge is -2.00. The van der Waals surface area contributed by atoms with Gasteiger partial charge in [-0.05, 0) is 36.6 Å². The van der Waals surface area contributed by atoms with Gasteiger partial charge in [-0.3, -0.25) is 4.79 Å². The van der Waals surface area contributed by atoms with Gasteiger partial charge in [0, 0.05) is 4.88 Å². The van der Waals surface area contributed by atoms with E-state index in [1.165, 1.54) is 16.0 Å². The summed E-state index contributed by atoms with van der Waals surface area (Å²) in [6.07, 6.45) is 0.932. The molecule has 15 heavy (non-hydrogen) atoms. The fourth-order valence-electron chi connectivity index (χ4n) is 1.60. The second kappa shape index (κ2) is 3.99. The van der Waals surface area contributed by atoms with Gasteiger partial charge in [-0.15, -0.1) is 11.3 Å². The average Bonchev–Trinajstić information content (AvgIpc) is 2.60. The maximum atomic E-state index is 10.8. The lowest BCUT2D eigenvalue weighted by Crippen LogP contribution is -1.77. The van der Waals surface area contributed by atoms with Crippen LogP contribution in [0.2, 0.25) is 0 Å². The van der Waals surface area contributed by atoms with E-state index in [0.717, 1.165) is 16.7 Å². The van der Waals surface area contributed by atoms with Crippen molar-refractivity contribution < 1.29 is 4.79 Å². The largest absolute Gasteiger partial charge is 0.297 e. The molecule has 0 fully saturated rings. The van der Waals surface area contributed by atoms with Crippen molar-refractivity contribution in [1.82, 2.24) is 0 Å². The molecule has 0 N–H and O–H groups in total. The Morgan fingerprint density at radius 2 is 1.87 bits per heavy atom. The molecule has 0 aliphatic carbocycles. The predicted molar refractivity (Wildman–Crippen MR) is 64.6 cm³/mol. The van der Waals surface area contributed by atoms with Crippen molar-refractivity contribution in [2.75, 3.05) is 0 Å². The molecule has 2 heteroatoms. The number of rotatable bonds is 2. The van der Waals surface area contributed by atoms with Gasteiger partial charge in [0.2, 0.25) is 0 Å². The van der Waals surface area contributed by atoms with Gasteiger partial charge in [0.05, 0.1) is 4.88 Å². The molecule has 0 bridgehead atoms. The van der Waals surface area contributed by atoms with Crippen molar-refractivity contribution >= 4 is 17.6 Å². The van der Waals surface area contributed by atoms with Gasteiger partial charge in [-0.1, -0.05) is 24.3 Å². The molecule has 0 spiro atoms. The topological polar surface area (TPSA) is 17.1 Å². The maximum Gasteiger partial charge on any atom is 0.160 e. The Labute approximate surface area is 93.4 Å². The fraction of sp³-hybridized carbons (Fsp3) is 0.154. The summed E-state index contributed by atoms with van der Waals surface area (Å²) < 4.78 is 0. The summed E-state index contributed by atoms with van der Waals surface area (Å²) >= 11 is 1.56. The van der Waals surface area contributed by atoms with Crippen LogP contribution >= 0.6 is 11.3 Å². The number of hydrogen-bond donors (Lipinski definition) is 0. The Kier molecular flexibility index (Phi) is 2.69. The summed E-state index contributed by atoms with van der Waals surface area (Å²) in [4.78, 5) is 12.8. The lowest BCUT2D eigenvalue weighted by atomic mass is 10.1. The van der Waals surface area contributed by atoms with E-state index in [4.69, 9.17) is 0 Å². The smallest absolute Gasteiger partial charge is 0.160 e. The van der Waals surface area contributed by atoms with Crippen molar-refractivity contribution in [3.05, 3.63) is 46.3 Å². The second-order valence-corrected chi connectivity index (χ2v) is 4.67. The van der Waals surface area contributed by atoms with Crippen LogP contribution in [0.25, 0.3) is 10.4 Å². The third-order valence-electron chi connectivity index (χ3n) is 2.47. The third-order valence-corrected chi connectivity index (χ3v) is 3.67. The van der Waals surface area contributed by atoms with Gasteiger partial charge in [0.25, 0.3) is 0 Å². The molecule has 2 aromatic rings. The van der Waals surface area contributed by atoms with Crippen molar-refractivity contribution in [1.29, 1.82) is 0 Å². The molecule has 1 heterocycles. The summed E-state index contributed by atoms with van der Waals surface area (Å²) in [6.45, 7) is 4.06. The zero-order valence-corrected chi connectivity index (χ0v) is 9.60. The Balaban J connectivity index is 2.55. The number of hydrogen-bond acceptors (Lipinski definition) is 2. The van der Waals surface area contributed by atoms with E-state index < -0.39 is 0 Å². The highest BCUT2D eigenvalue weighted by Crippen LogP contribution is 2.32. The zero-order chi connectivity index (χ0) is 10.8. The number of aldehydes is 1. The van der Waals surface area contributed by atoms with Crippen LogP contribution in [0, 0.1) is 13.8 Å². The number of carbonyl (C=O) groups excluding carboxylic acids is 1. The van der Waals surface area contributed by atoms with Gasteiger partial charge in [0.1, 0.15) is 0 Å². The maximum absolute atomic E-state index is 10.8. The van der Waals surface area contributed by atoms with Crippen molar-refractivity contribution in [3.8, 4) is 10.4 Å². The minimum atomic E-state index is 0.827. The van der Waals surface area contributed by atoms with Crippen LogP contribution in [0.1, 0.15) is 20.8 Å². The highest BCUT2D eigenvalue weighted by molar-refractivity contribution is 7.17. The van der Waals surface area contributed by atoms with Gasteiger partial charge in [0.15, 0.2) is 6.29 Å². The van der Waals surface area contributed by atoms with Crippen LogP contribution in [-0.2, 0) is 0 Å². The first-order chi connectivity index (χ1) is 7.22. The van der Waals surface area contributed by atoms with Gasteiger partial charge < -0.3 is 0 Å².